The van der Waals surface area contributed by atoms with Crippen molar-refractivity contribution in [1.29, 1.82) is 0 Å². The molecule has 0 saturated carbocycles. The number of hydrogen-bond donors (Lipinski definition) is 1. The Kier molecular flexibility index (Phi) is 10.7. The van der Waals surface area contributed by atoms with Crippen LogP contribution in [0.4, 0.5) is 4.79 Å². The second kappa shape index (κ2) is 12.5. The van der Waals surface area contributed by atoms with Crippen molar-refractivity contribution in [2.45, 2.75) is 13.5 Å². The maximum atomic E-state index is 11.8. The summed E-state index contributed by atoms with van der Waals surface area (Å²) in [7, 11) is 6.56. The van der Waals surface area contributed by atoms with E-state index in [2.05, 4.69) is 15.2 Å². The Balaban J connectivity index is 0.00000420. The maximum absolute atomic E-state index is 11.8. The van der Waals surface area contributed by atoms with Crippen LogP contribution in [0.2, 0.25) is 0 Å². The fourth-order valence-corrected chi connectivity index (χ4v) is 3.07. The van der Waals surface area contributed by atoms with Crippen molar-refractivity contribution in [3.8, 4) is 17.2 Å². The van der Waals surface area contributed by atoms with Gasteiger partial charge in [-0.15, -0.1) is 24.0 Å². The first-order chi connectivity index (χ1) is 13.6. The Bertz CT molecular complexity index is 668. The summed E-state index contributed by atoms with van der Waals surface area (Å²) in [4.78, 5) is 20.0. The fraction of sp³-hybridized carbons (Fsp3) is 0.579. The van der Waals surface area contributed by atoms with Gasteiger partial charge in [-0.2, -0.15) is 0 Å². The summed E-state index contributed by atoms with van der Waals surface area (Å²) < 4.78 is 21.3. The van der Waals surface area contributed by atoms with E-state index in [4.69, 9.17) is 18.9 Å². The predicted molar refractivity (Wildman–Crippen MR) is 122 cm³/mol. The average Bonchev–Trinajstić information content (AvgIpc) is 2.74. The van der Waals surface area contributed by atoms with E-state index in [9.17, 15) is 4.79 Å². The van der Waals surface area contributed by atoms with Gasteiger partial charge in [0.2, 0.25) is 0 Å². The molecular formula is C19H31IN4O5. The number of ether oxygens (including phenoxy) is 4. The van der Waals surface area contributed by atoms with Gasteiger partial charge in [0, 0.05) is 45.4 Å². The molecule has 1 aliphatic rings. The van der Waals surface area contributed by atoms with Gasteiger partial charge in [-0.25, -0.2) is 4.79 Å². The van der Waals surface area contributed by atoms with E-state index in [0.29, 0.717) is 56.6 Å². The Labute approximate surface area is 189 Å². The Morgan fingerprint density at radius 2 is 1.59 bits per heavy atom. The SMILES string of the molecule is CCOC(=O)N1CCN(C(=NC)NCc2c(OC)cc(OC)cc2OC)CC1.I. The number of carbonyl (C=O) groups is 1. The lowest BCUT2D eigenvalue weighted by Crippen LogP contribution is -2.53. The first-order valence-electron chi connectivity index (χ1n) is 9.24. The van der Waals surface area contributed by atoms with Crippen LogP contribution in [0.25, 0.3) is 0 Å². The van der Waals surface area contributed by atoms with Crippen LogP contribution in [-0.4, -0.2) is 83.0 Å². The minimum Gasteiger partial charge on any atom is -0.496 e. The van der Waals surface area contributed by atoms with Crippen LogP contribution in [0, 0.1) is 0 Å². The second-order valence-electron chi connectivity index (χ2n) is 6.08. The molecule has 1 amide bonds. The summed E-state index contributed by atoms with van der Waals surface area (Å²) in [6.07, 6.45) is -0.266. The highest BCUT2D eigenvalue weighted by atomic mass is 127. The van der Waals surface area contributed by atoms with Crippen molar-refractivity contribution < 1.29 is 23.7 Å². The standard InChI is InChI=1S/C19H30N4O5.HI/c1-6-28-19(24)23-9-7-22(8-10-23)18(20-2)21-13-15-16(26-4)11-14(25-3)12-17(15)27-5;/h11-12H,6-10,13H2,1-5H3,(H,20,21);1H. The number of guanidine groups is 1. The van der Waals surface area contributed by atoms with Crippen LogP contribution in [-0.2, 0) is 11.3 Å². The van der Waals surface area contributed by atoms with E-state index in [1.54, 1.807) is 33.3 Å². The molecule has 0 unspecified atom stereocenters. The van der Waals surface area contributed by atoms with Gasteiger partial charge in [0.25, 0.3) is 0 Å². The number of nitrogens with zero attached hydrogens (tertiary/aromatic N) is 3. The maximum Gasteiger partial charge on any atom is 0.409 e. The smallest absolute Gasteiger partial charge is 0.409 e. The molecule has 29 heavy (non-hydrogen) atoms. The van der Waals surface area contributed by atoms with Crippen molar-refractivity contribution in [3.63, 3.8) is 0 Å². The molecule has 1 N–H and O–H groups in total. The molecular weight excluding hydrogens is 491 g/mol. The number of halogens is 1. The number of aliphatic imine (C=N–C) groups is 1. The van der Waals surface area contributed by atoms with Crippen molar-refractivity contribution in [2.75, 3.05) is 61.2 Å². The molecule has 0 bridgehead atoms. The van der Waals surface area contributed by atoms with Gasteiger partial charge in [-0.3, -0.25) is 4.99 Å². The van der Waals surface area contributed by atoms with E-state index in [-0.39, 0.29) is 30.1 Å². The molecule has 2 rings (SSSR count). The van der Waals surface area contributed by atoms with Crippen molar-refractivity contribution >= 4 is 36.0 Å². The zero-order chi connectivity index (χ0) is 20.5. The summed E-state index contributed by atoms with van der Waals surface area (Å²) >= 11 is 0. The van der Waals surface area contributed by atoms with Crippen molar-refractivity contribution in [3.05, 3.63) is 17.7 Å². The Hall–Kier alpha value is -2.11. The number of benzene rings is 1. The molecule has 1 saturated heterocycles. The zero-order valence-electron chi connectivity index (χ0n) is 17.7. The van der Waals surface area contributed by atoms with E-state index < -0.39 is 0 Å². The van der Waals surface area contributed by atoms with Gasteiger partial charge < -0.3 is 34.1 Å². The number of piperazine rings is 1. The predicted octanol–water partition coefficient (Wildman–Crippen LogP) is 2.18. The molecule has 0 aliphatic carbocycles. The third kappa shape index (κ3) is 6.44. The molecule has 0 atom stereocenters. The normalized spacial score (nSPS) is 14.0. The van der Waals surface area contributed by atoms with Crippen LogP contribution in [0.1, 0.15) is 12.5 Å². The number of methoxy groups -OCH3 is 3. The van der Waals surface area contributed by atoms with E-state index >= 15 is 0 Å². The van der Waals surface area contributed by atoms with Crippen LogP contribution in [0.3, 0.4) is 0 Å². The molecule has 0 radical (unpaired) electrons. The van der Waals surface area contributed by atoms with Gasteiger partial charge in [0.15, 0.2) is 5.96 Å². The number of amides is 1. The van der Waals surface area contributed by atoms with E-state index in [0.717, 1.165) is 11.5 Å². The summed E-state index contributed by atoms with van der Waals surface area (Å²) in [6.45, 7) is 5.20. The molecule has 0 aromatic heterocycles. The monoisotopic (exact) mass is 522 g/mol. The van der Waals surface area contributed by atoms with E-state index in [1.165, 1.54) is 0 Å². The highest BCUT2D eigenvalue weighted by Gasteiger charge is 2.24. The number of carbonyl (C=O) groups excluding carboxylic acids is 1. The number of hydrogen-bond acceptors (Lipinski definition) is 6. The van der Waals surface area contributed by atoms with Crippen molar-refractivity contribution in [2.24, 2.45) is 4.99 Å². The largest absolute Gasteiger partial charge is 0.496 e. The molecule has 10 heteroatoms. The third-order valence-electron chi connectivity index (χ3n) is 4.56. The molecule has 1 aromatic rings. The quantitative estimate of drug-likeness (QED) is 0.349. The average molecular weight is 522 g/mol. The van der Waals surface area contributed by atoms with E-state index in [1.807, 2.05) is 19.1 Å². The molecule has 9 nitrogen and oxygen atoms in total. The van der Waals surface area contributed by atoms with Crippen molar-refractivity contribution in [1.82, 2.24) is 15.1 Å². The molecule has 1 aromatic carbocycles. The van der Waals surface area contributed by atoms with Crippen LogP contribution in [0.5, 0.6) is 17.2 Å². The lowest BCUT2D eigenvalue weighted by Gasteiger charge is -2.36. The Morgan fingerprint density at radius 1 is 1.03 bits per heavy atom. The minimum absolute atomic E-state index is 0. The highest BCUT2D eigenvalue weighted by molar-refractivity contribution is 14.0. The topological polar surface area (TPSA) is 84.9 Å². The Morgan fingerprint density at radius 3 is 2.03 bits per heavy atom. The van der Waals surface area contributed by atoms with Crippen LogP contribution in [0.15, 0.2) is 17.1 Å². The first kappa shape index (κ1) is 24.9. The summed E-state index contributed by atoms with van der Waals surface area (Å²) in [6, 6.07) is 3.64. The number of nitrogens with one attached hydrogen (secondary N) is 1. The third-order valence-corrected chi connectivity index (χ3v) is 4.56. The number of rotatable bonds is 6. The minimum atomic E-state index is -0.266. The summed E-state index contributed by atoms with van der Waals surface area (Å²) in [5, 5.41) is 3.35. The zero-order valence-corrected chi connectivity index (χ0v) is 20.0. The van der Waals surface area contributed by atoms with Gasteiger partial charge in [-0.05, 0) is 6.92 Å². The molecule has 1 heterocycles. The molecule has 164 valence electrons. The first-order valence-corrected chi connectivity index (χ1v) is 9.24. The lowest BCUT2D eigenvalue weighted by atomic mass is 10.1. The summed E-state index contributed by atoms with van der Waals surface area (Å²) in [5.41, 5.74) is 0.872. The van der Waals surface area contributed by atoms with Crippen LogP contribution < -0.4 is 19.5 Å². The fourth-order valence-electron chi connectivity index (χ4n) is 3.07. The molecule has 1 fully saturated rings. The highest BCUT2D eigenvalue weighted by Crippen LogP contribution is 2.33. The molecule has 1 aliphatic heterocycles. The van der Waals surface area contributed by atoms with Gasteiger partial charge in [-0.1, -0.05) is 0 Å². The van der Waals surface area contributed by atoms with Gasteiger partial charge in [0.1, 0.15) is 17.2 Å². The molecule has 0 spiro atoms. The lowest BCUT2D eigenvalue weighted by molar-refractivity contribution is 0.0914. The van der Waals surface area contributed by atoms with Gasteiger partial charge >= 0.3 is 6.09 Å². The van der Waals surface area contributed by atoms with Gasteiger partial charge in [0.05, 0.1) is 40.0 Å². The summed E-state index contributed by atoms with van der Waals surface area (Å²) in [5.74, 6) is 2.76. The van der Waals surface area contributed by atoms with Crippen LogP contribution >= 0.6 is 24.0 Å². The second-order valence-corrected chi connectivity index (χ2v) is 6.08.